The number of hydrogen-bond donors (Lipinski definition) is 0. The van der Waals surface area contributed by atoms with Crippen LogP contribution in [0.1, 0.15) is 11.1 Å². The Hall–Kier alpha value is -1.93. The molecule has 2 amide bonds. The number of imide groups is 1. The van der Waals surface area contributed by atoms with Gasteiger partial charge in [-0.25, -0.2) is 18.1 Å². The van der Waals surface area contributed by atoms with E-state index >= 15 is 0 Å². The molecule has 0 N–H and O–H groups in total. The maximum absolute atomic E-state index is 12.6. The second kappa shape index (κ2) is 5.06. The maximum atomic E-state index is 12.6. The molecule has 0 unspecified atom stereocenters. The van der Waals surface area contributed by atoms with Crippen molar-refractivity contribution in [3.8, 4) is 0 Å². The van der Waals surface area contributed by atoms with Crippen LogP contribution in [0.25, 0.3) is 0 Å². The first-order valence-corrected chi connectivity index (χ1v) is 8.31. The first-order valence-electron chi connectivity index (χ1n) is 6.87. The molecule has 0 saturated carbocycles. The lowest BCUT2D eigenvalue weighted by molar-refractivity contribution is -0.128. The molecule has 1 aromatic rings. The number of ether oxygens (including phenoxy) is 1. The van der Waals surface area contributed by atoms with Crippen molar-refractivity contribution in [2.75, 3.05) is 19.7 Å². The smallest absolute Gasteiger partial charge is 0.417 e. The molecule has 22 heavy (non-hydrogen) atoms. The van der Waals surface area contributed by atoms with Gasteiger partial charge in [-0.2, -0.15) is 4.31 Å². The summed E-state index contributed by atoms with van der Waals surface area (Å²) in [5, 5.41) is 0. The number of cyclic esters (lactones) is 1. The fourth-order valence-corrected chi connectivity index (χ4v) is 4.44. The topological polar surface area (TPSA) is 84.0 Å². The predicted octanol–water partition coefficient (Wildman–Crippen LogP) is 0.655. The molecule has 0 atom stereocenters. The van der Waals surface area contributed by atoms with Crippen molar-refractivity contribution in [2.24, 2.45) is 0 Å². The quantitative estimate of drug-likeness (QED) is 0.815. The van der Waals surface area contributed by atoms with Gasteiger partial charge < -0.3 is 4.74 Å². The molecule has 2 fully saturated rings. The van der Waals surface area contributed by atoms with Crippen LogP contribution < -0.4 is 0 Å². The van der Waals surface area contributed by atoms with Crippen LogP contribution in [0.4, 0.5) is 4.79 Å². The lowest BCUT2D eigenvalue weighted by atomic mass is 10.1. The van der Waals surface area contributed by atoms with Gasteiger partial charge >= 0.3 is 6.09 Å². The van der Waals surface area contributed by atoms with Gasteiger partial charge in [0.1, 0.15) is 0 Å². The summed E-state index contributed by atoms with van der Waals surface area (Å²) in [6.45, 7) is 3.60. The van der Waals surface area contributed by atoms with Crippen molar-refractivity contribution < 1.29 is 22.7 Å². The van der Waals surface area contributed by atoms with Crippen molar-refractivity contribution in [3.05, 3.63) is 29.3 Å². The molecule has 2 heterocycles. The second-order valence-corrected chi connectivity index (χ2v) is 7.47. The fraction of sp³-hybridized carbons (Fsp3) is 0.429. The van der Waals surface area contributed by atoms with E-state index in [0.29, 0.717) is 5.56 Å². The van der Waals surface area contributed by atoms with Crippen LogP contribution >= 0.6 is 0 Å². The molecule has 3 rings (SSSR count). The van der Waals surface area contributed by atoms with Crippen molar-refractivity contribution in [2.45, 2.75) is 24.8 Å². The van der Waals surface area contributed by atoms with Gasteiger partial charge in [-0.1, -0.05) is 17.7 Å². The Kier molecular flexibility index (Phi) is 3.45. The molecule has 0 radical (unpaired) electrons. The van der Waals surface area contributed by atoms with Crippen molar-refractivity contribution in [3.63, 3.8) is 0 Å². The fourth-order valence-electron chi connectivity index (χ4n) is 2.72. The van der Waals surface area contributed by atoms with Crippen LogP contribution in [-0.4, -0.2) is 55.4 Å². The highest BCUT2D eigenvalue weighted by atomic mass is 32.2. The summed E-state index contributed by atoms with van der Waals surface area (Å²) in [4.78, 5) is 24.3. The summed E-state index contributed by atoms with van der Waals surface area (Å²) in [6, 6.07) is 4.70. The summed E-state index contributed by atoms with van der Waals surface area (Å²) in [5.74, 6) is -0.418. The number of aryl methyl sites for hydroxylation is 2. The first-order chi connectivity index (χ1) is 10.3. The van der Waals surface area contributed by atoms with E-state index in [2.05, 4.69) is 4.74 Å². The molecular formula is C14H16N2O5S. The monoisotopic (exact) mass is 324 g/mol. The van der Waals surface area contributed by atoms with Gasteiger partial charge in [0.15, 0.2) is 6.61 Å². The van der Waals surface area contributed by atoms with Gasteiger partial charge in [-0.05, 0) is 25.5 Å². The lowest BCUT2D eigenvalue weighted by Gasteiger charge is -2.40. The van der Waals surface area contributed by atoms with Crippen molar-refractivity contribution in [1.29, 1.82) is 0 Å². The van der Waals surface area contributed by atoms with Crippen LogP contribution in [0.3, 0.4) is 0 Å². The molecule has 118 valence electrons. The predicted molar refractivity (Wildman–Crippen MR) is 76.7 cm³/mol. The minimum Gasteiger partial charge on any atom is -0.439 e. The van der Waals surface area contributed by atoms with E-state index in [9.17, 15) is 18.0 Å². The number of carbonyl (C=O) groups excluding carboxylic acids is 2. The van der Waals surface area contributed by atoms with Gasteiger partial charge in [-0.3, -0.25) is 4.79 Å². The molecule has 0 spiro atoms. The van der Waals surface area contributed by atoms with Gasteiger partial charge in [0.25, 0.3) is 5.91 Å². The van der Waals surface area contributed by atoms with Gasteiger partial charge in [0.2, 0.25) is 10.0 Å². The van der Waals surface area contributed by atoms with Crippen LogP contribution in [0.2, 0.25) is 0 Å². The van der Waals surface area contributed by atoms with E-state index in [1.807, 2.05) is 13.0 Å². The van der Waals surface area contributed by atoms with Crippen LogP contribution in [0.5, 0.6) is 0 Å². The summed E-state index contributed by atoms with van der Waals surface area (Å²) < 4.78 is 31.1. The summed E-state index contributed by atoms with van der Waals surface area (Å²) in [5.41, 5.74) is 1.67. The zero-order valence-corrected chi connectivity index (χ0v) is 13.1. The molecule has 8 heteroatoms. The first kappa shape index (κ1) is 15.0. The number of benzene rings is 1. The highest BCUT2D eigenvalue weighted by molar-refractivity contribution is 7.89. The average Bonchev–Trinajstić information content (AvgIpc) is 2.68. The van der Waals surface area contributed by atoms with Crippen LogP contribution in [0.15, 0.2) is 23.1 Å². The zero-order chi connectivity index (χ0) is 16.1. The Morgan fingerprint density at radius 1 is 1.18 bits per heavy atom. The number of nitrogens with zero attached hydrogens (tertiary/aromatic N) is 2. The van der Waals surface area contributed by atoms with Crippen molar-refractivity contribution in [1.82, 2.24) is 9.21 Å². The highest BCUT2D eigenvalue weighted by Gasteiger charge is 2.46. The van der Waals surface area contributed by atoms with E-state index in [1.165, 1.54) is 4.31 Å². The molecule has 1 aromatic carbocycles. The highest BCUT2D eigenvalue weighted by Crippen LogP contribution is 2.28. The van der Waals surface area contributed by atoms with Gasteiger partial charge in [0.05, 0.1) is 10.9 Å². The molecule has 2 aliphatic heterocycles. The normalized spacial score (nSPS) is 20.2. The molecule has 7 nitrogen and oxygen atoms in total. The van der Waals surface area contributed by atoms with E-state index in [0.717, 1.165) is 10.5 Å². The number of carbonyl (C=O) groups is 2. The Labute approximate surface area is 128 Å². The summed E-state index contributed by atoms with van der Waals surface area (Å²) in [6.07, 6.45) is -0.696. The van der Waals surface area contributed by atoms with Crippen molar-refractivity contribution >= 4 is 22.0 Å². The average molecular weight is 324 g/mol. The summed E-state index contributed by atoms with van der Waals surface area (Å²) >= 11 is 0. The zero-order valence-electron chi connectivity index (χ0n) is 12.3. The van der Waals surface area contributed by atoms with E-state index < -0.39 is 28.1 Å². The third-order valence-corrected chi connectivity index (χ3v) is 5.92. The largest absolute Gasteiger partial charge is 0.439 e. The Balaban J connectivity index is 1.77. The molecule has 0 aromatic heterocycles. The van der Waals surface area contributed by atoms with E-state index in [-0.39, 0.29) is 24.6 Å². The van der Waals surface area contributed by atoms with Crippen LogP contribution in [-0.2, 0) is 19.6 Å². The Morgan fingerprint density at radius 2 is 1.86 bits per heavy atom. The number of hydrogen-bond acceptors (Lipinski definition) is 5. The minimum atomic E-state index is -3.60. The number of sulfonamides is 1. The molecule has 2 saturated heterocycles. The third kappa shape index (κ3) is 2.28. The number of rotatable bonds is 3. The van der Waals surface area contributed by atoms with Gasteiger partial charge in [-0.15, -0.1) is 0 Å². The maximum Gasteiger partial charge on any atom is 0.417 e. The van der Waals surface area contributed by atoms with E-state index in [1.54, 1.807) is 19.1 Å². The number of amides is 2. The van der Waals surface area contributed by atoms with E-state index in [4.69, 9.17) is 0 Å². The summed E-state index contributed by atoms with van der Waals surface area (Å²) in [7, 11) is -3.60. The standard InChI is InChI=1S/C14H16N2O5S/c1-9-3-4-12(10(2)5-9)22(19,20)15-6-11(7-15)16-13(17)8-21-14(16)18/h3-5,11H,6-8H2,1-2H3. The lowest BCUT2D eigenvalue weighted by Crippen LogP contribution is -2.62. The van der Waals surface area contributed by atoms with Crippen LogP contribution in [0, 0.1) is 13.8 Å². The SMILES string of the molecule is Cc1ccc(S(=O)(=O)N2CC(N3C(=O)COC3=O)C2)c(C)c1. The molecule has 0 bridgehead atoms. The Bertz CT molecular complexity index is 736. The van der Waals surface area contributed by atoms with Gasteiger partial charge in [0, 0.05) is 13.1 Å². The molecular weight excluding hydrogens is 308 g/mol. The second-order valence-electron chi connectivity index (χ2n) is 5.56. The molecule has 0 aliphatic carbocycles. The minimum absolute atomic E-state index is 0.108. The third-order valence-electron chi connectivity index (χ3n) is 3.93. The Morgan fingerprint density at radius 3 is 2.41 bits per heavy atom. The molecule has 2 aliphatic rings.